The van der Waals surface area contributed by atoms with Crippen molar-refractivity contribution in [2.75, 3.05) is 5.32 Å². The fourth-order valence-electron chi connectivity index (χ4n) is 3.31. The number of aromatic nitrogens is 6. The molecule has 0 fully saturated rings. The van der Waals surface area contributed by atoms with Gasteiger partial charge in [0.05, 0.1) is 23.3 Å². The summed E-state index contributed by atoms with van der Waals surface area (Å²) in [4.78, 5) is 13.5. The van der Waals surface area contributed by atoms with Crippen LogP contribution in [0.1, 0.15) is 11.4 Å². The number of fused-ring (bicyclic) bond motifs is 1. The lowest BCUT2D eigenvalue weighted by Crippen LogP contribution is -2.00. The van der Waals surface area contributed by atoms with Crippen LogP contribution in [0.5, 0.6) is 0 Å². The fourth-order valence-corrected chi connectivity index (χ4v) is 3.31. The first-order valence-electron chi connectivity index (χ1n) is 9.33. The Labute approximate surface area is 167 Å². The molecule has 5 rings (SSSR count). The average molecular weight is 381 g/mol. The van der Waals surface area contributed by atoms with Gasteiger partial charge >= 0.3 is 0 Å². The number of imidazole rings is 1. The van der Waals surface area contributed by atoms with Gasteiger partial charge in [-0.05, 0) is 43.7 Å². The first-order chi connectivity index (χ1) is 14.2. The molecule has 0 spiro atoms. The van der Waals surface area contributed by atoms with Crippen LogP contribution in [0, 0.1) is 13.8 Å². The minimum atomic E-state index is 0.712. The Bertz CT molecular complexity index is 1300. The highest BCUT2D eigenvalue weighted by Gasteiger charge is 2.10. The van der Waals surface area contributed by atoms with Crippen LogP contribution in [0.3, 0.4) is 0 Å². The molecule has 4 heterocycles. The maximum absolute atomic E-state index is 4.87. The maximum atomic E-state index is 4.87. The summed E-state index contributed by atoms with van der Waals surface area (Å²) in [6, 6.07) is 16.2. The summed E-state index contributed by atoms with van der Waals surface area (Å²) in [7, 11) is 0. The fraction of sp³-hybridized carbons (Fsp3) is 0.0909. The Balaban J connectivity index is 1.47. The molecule has 0 unspecified atom stereocenters. The molecule has 0 aliphatic rings. The van der Waals surface area contributed by atoms with Gasteiger partial charge in [-0.15, -0.1) is 0 Å². The standard InChI is InChI=1S/C22H19N7/c1-15-6-3-4-7-18(15)20-13-28-11-5-8-19(22(28)26-20)25-17-9-10-21(23-12-17)29-14-24-16(2)27-29/h3-14,25H,1-2H3. The van der Waals surface area contributed by atoms with Crippen molar-refractivity contribution < 1.29 is 0 Å². The Kier molecular flexibility index (Phi) is 4.05. The van der Waals surface area contributed by atoms with Gasteiger partial charge in [0, 0.05) is 18.0 Å². The number of nitrogens with zero attached hydrogens (tertiary/aromatic N) is 6. The molecule has 0 bridgehead atoms. The number of pyridine rings is 2. The molecule has 0 atom stereocenters. The molecule has 4 aromatic heterocycles. The molecule has 0 radical (unpaired) electrons. The van der Waals surface area contributed by atoms with Crippen LogP contribution >= 0.6 is 0 Å². The third-order valence-electron chi connectivity index (χ3n) is 4.77. The van der Waals surface area contributed by atoms with Gasteiger partial charge in [0.15, 0.2) is 11.5 Å². The second-order valence-electron chi connectivity index (χ2n) is 6.86. The molecule has 7 heteroatoms. The molecule has 0 aliphatic heterocycles. The number of anilines is 2. The van der Waals surface area contributed by atoms with E-state index in [-0.39, 0.29) is 0 Å². The first-order valence-corrected chi connectivity index (χ1v) is 9.33. The van der Waals surface area contributed by atoms with Crippen LogP contribution in [-0.2, 0) is 0 Å². The molecular weight excluding hydrogens is 362 g/mol. The topological polar surface area (TPSA) is 72.9 Å². The molecule has 0 aliphatic carbocycles. The van der Waals surface area contributed by atoms with E-state index in [4.69, 9.17) is 4.98 Å². The number of hydrogen-bond donors (Lipinski definition) is 1. The van der Waals surface area contributed by atoms with Gasteiger partial charge in [0.2, 0.25) is 0 Å². The van der Waals surface area contributed by atoms with Gasteiger partial charge in [-0.25, -0.2) is 19.6 Å². The number of nitrogens with one attached hydrogen (secondary N) is 1. The van der Waals surface area contributed by atoms with Crippen molar-refractivity contribution in [2.45, 2.75) is 13.8 Å². The second-order valence-corrected chi connectivity index (χ2v) is 6.86. The zero-order valence-corrected chi connectivity index (χ0v) is 16.1. The van der Waals surface area contributed by atoms with Gasteiger partial charge in [-0.3, -0.25) is 0 Å². The van der Waals surface area contributed by atoms with Crippen molar-refractivity contribution >= 4 is 17.0 Å². The van der Waals surface area contributed by atoms with Crippen LogP contribution in [0.25, 0.3) is 22.7 Å². The Morgan fingerprint density at radius 3 is 2.59 bits per heavy atom. The lowest BCUT2D eigenvalue weighted by atomic mass is 10.1. The summed E-state index contributed by atoms with van der Waals surface area (Å²) < 4.78 is 3.69. The van der Waals surface area contributed by atoms with Crippen LogP contribution in [0.4, 0.5) is 11.4 Å². The molecule has 7 nitrogen and oxygen atoms in total. The molecule has 5 aromatic rings. The summed E-state index contributed by atoms with van der Waals surface area (Å²) in [6.07, 6.45) is 7.49. The quantitative estimate of drug-likeness (QED) is 0.501. The predicted molar refractivity (Wildman–Crippen MR) is 113 cm³/mol. The molecule has 1 N–H and O–H groups in total. The highest BCUT2D eigenvalue weighted by molar-refractivity contribution is 5.77. The van der Waals surface area contributed by atoms with Crippen LogP contribution < -0.4 is 5.32 Å². The van der Waals surface area contributed by atoms with Gasteiger partial charge in [-0.1, -0.05) is 24.3 Å². The zero-order chi connectivity index (χ0) is 19.8. The molecule has 29 heavy (non-hydrogen) atoms. The van der Waals surface area contributed by atoms with Crippen molar-refractivity contribution in [1.82, 2.24) is 29.1 Å². The van der Waals surface area contributed by atoms with Crippen molar-refractivity contribution in [1.29, 1.82) is 0 Å². The first kappa shape index (κ1) is 17.1. The third-order valence-corrected chi connectivity index (χ3v) is 4.77. The normalized spacial score (nSPS) is 11.1. The van der Waals surface area contributed by atoms with Crippen LogP contribution in [0.2, 0.25) is 0 Å². The Hall–Kier alpha value is -4.00. The minimum absolute atomic E-state index is 0.712. The van der Waals surface area contributed by atoms with Gasteiger partial charge < -0.3 is 9.72 Å². The average Bonchev–Trinajstić information content (AvgIpc) is 3.36. The van der Waals surface area contributed by atoms with Crippen molar-refractivity contribution in [3.05, 3.63) is 84.8 Å². The Morgan fingerprint density at radius 1 is 0.931 bits per heavy atom. The zero-order valence-electron chi connectivity index (χ0n) is 16.1. The summed E-state index contributed by atoms with van der Waals surface area (Å²) in [5, 5.41) is 7.70. The molecular formula is C22H19N7. The van der Waals surface area contributed by atoms with Crippen LogP contribution in [0.15, 0.2) is 73.4 Å². The monoisotopic (exact) mass is 381 g/mol. The van der Waals surface area contributed by atoms with E-state index in [0.29, 0.717) is 5.82 Å². The number of hydrogen-bond acceptors (Lipinski definition) is 5. The van der Waals surface area contributed by atoms with E-state index in [1.54, 1.807) is 17.2 Å². The van der Waals surface area contributed by atoms with E-state index < -0.39 is 0 Å². The predicted octanol–water partition coefficient (Wildman–Crippen LogP) is 4.34. The summed E-state index contributed by atoms with van der Waals surface area (Å²) in [5.41, 5.74) is 5.94. The summed E-state index contributed by atoms with van der Waals surface area (Å²) in [5.74, 6) is 1.43. The summed E-state index contributed by atoms with van der Waals surface area (Å²) in [6.45, 7) is 3.95. The van der Waals surface area contributed by atoms with Crippen LogP contribution in [-0.4, -0.2) is 29.1 Å². The van der Waals surface area contributed by atoms with Crippen molar-refractivity contribution in [2.24, 2.45) is 0 Å². The maximum Gasteiger partial charge on any atom is 0.161 e. The Morgan fingerprint density at radius 2 is 1.83 bits per heavy atom. The van der Waals surface area contributed by atoms with E-state index in [1.807, 2.05) is 53.9 Å². The molecule has 0 amide bonds. The lowest BCUT2D eigenvalue weighted by molar-refractivity contribution is 0.833. The molecule has 0 saturated heterocycles. The highest BCUT2D eigenvalue weighted by atomic mass is 15.4. The molecule has 0 saturated carbocycles. The largest absolute Gasteiger partial charge is 0.351 e. The van der Waals surface area contributed by atoms with E-state index in [2.05, 4.69) is 45.6 Å². The second kappa shape index (κ2) is 6.87. The van der Waals surface area contributed by atoms with Crippen molar-refractivity contribution in [3.63, 3.8) is 0 Å². The smallest absolute Gasteiger partial charge is 0.161 e. The lowest BCUT2D eigenvalue weighted by Gasteiger charge is -2.08. The number of rotatable bonds is 4. The number of aryl methyl sites for hydroxylation is 2. The van der Waals surface area contributed by atoms with Gasteiger partial charge in [0.1, 0.15) is 12.2 Å². The van der Waals surface area contributed by atoms with E-state index >= 15 is 0 Å². The third kappa shape index (κ3) is 3.23. The van der Waals surface area contributed by atoms with E-state index in [0.717, 1.165) is 34.1 Å². The highest BCUT2D eigenvalue weighted by Crippen LogP contribution is 2.27. The number of benzene rings is 1. The van der Waals surface area contributed by atoms with Gasteiger partial charge in [0.25, 0.3) is 0 Å². The van der Waals surface area contributed by atoms with Gasteiger partial charge in [-0.2, -0.15) is 5.10 Å². The van der Waals surface area contributed by atoms with Crippen molar-refractivity contribution in [3.8, 4) is 17.1 Å². The van der Waals surface area contributed by atoms with E-state index in [9.17, 15) is 0 Å². The minimum Gasteiger partial charge on any atom is -0.351 e. The SMILES string of the molecule is Cc1ncn(-c2ccc(Nc3cccn4cc(-c5ccccc5C)nc34)cn2)n1. The molecule has 142 valence electrons. The summed E-state index contributed by atoms with van der Waals surface area (Å²) >= 11 is 0. The molecule has 1 aromatic carbocycles. The van der Waals surface area contributed by atoms with E-state index in [1.165, 1.54) is 5.56 Å².